The van der Waals surface area contributed by atoms with Crippen molar-refractivity contribution in [2.45, 2.75) is 45.2 Å². The number of amides is 1. The van der Waals surface area contributed by atoms with E-state index >= 15 is 0 Å². The van der Waals surface area contributed by atoms with E-state index in [-0.39, 0.29) is 33.0 Å². The second-order valence-corrected chi connectivity index (χ2v) is 6.80. The molecule has 1 amide bonds. The van der Waals surface area contributed by atoms with Crippen LogP contribution >= 0.6 is 0 Å². The van der Waals surface area contributed by atoms with Gasteiger partial charge in [0.15, 0.2) is 0 Å². The van der Waals surface area contributed by atoms with E-state index in [4.69, 9.17) is 24.6 Å². The third-order valence-corrected chi connectivity index (χ3v) is 4.58. The number of aromatic nitrogens is 1. The highest BCUT2D eigenvalue weighted by Crippen LogP contribution is 2.27. The van der Waals surface area contributed by atoms with Crippen molar-refractivity contribution >= 4 is 12.6 Å². The SMILES string of the molecule is Cc1c(CN(C=O)C2CC2)ccnc1CCCOC(=O)OCCOCCON(O)O. The summed E-state index contributed by atoms with van der Waals surface area (Å²) in [6.45, 7) is 2.97. The van der Waals surface area contributed by atoms with Gasteiger partial charge >= 0.3 is 6.16 Å². The first-order valence-electron chi connectivity index (χ1n) is 9.83. The van der Waals surface area contributed by atoms with E-state index < -0.39 is 11.5 Å². The fourth-order valence-electron chi connectivity index (χ4n) is 2.80. The molecule has 11 heteroatoms. The molecule has 0 radical (unpaired) electrons. The van der Waals surface area contributed by atoms with E-state index in [1.54, 1.807) is 6.20 Å². The number of hydrogen-bond donors (Lipinski definition) is 2. The summed E-state index contributed by atoms with van der Waals surface area (Å²) < 4.78 is 14.9. The molecule has 0 aliphatic heterocycles. The Morgan fingerprint density at radius 1 is 1.20 bits per heavy atom. The second kappa shape index (κ2) is 13.1. The molecule has 1 aliphatic rings. The van der Waals surface area contributed by atoms with Crippen LogP contribution in [0.5, 0.6) is 0 Å². The molecule has 2 rings (SSSR count). The number of aryl methyl sites for hydroxylation is 1. The maximum Gasteiger partial charge on any atom is 0.508 e. The van der Waals surface area contributed by atoms with Crippen LogP contribution in [-0.4, -0.2) is 77.3 Å². The zero-order chi connectivity index (χ0) is 21.8. The molecule has 0 aromatic carbocycles. The van der Waals surface area contributed by atoms with Crippen LogP contribution in [0.3, 0.4) is 0 Å². The molecule has 1 saturated carbocycles. The molecule has 30 heavy (non-hydrogen) atoms. The standard InChI is InChI=1S/C19H29N3O8/c1-15-16(13-21(14-23)17-4-5-17)6-7-20-18(15)3-2-8-28-19(24)29-11-9-27-10-12-30-22(25)26/h6-7,14,17,25-26H,2-5,8-13H2,1H3. The van der Waals surface area contributed by atoms with Gasteiger partial charge in [-0.25, -0.2) is 9.63 Å². The number of carbonyl (C=O) groups excluding carboxylic acids is 2. The Hall–Kier alpha value is -2.31. The van der Waals surface area contributed by atoms with E-state index in [2.05, 4.69) is 9.82 Å². The van der Waals surface area contributed by atoms with Crippen LogP contribution in [0.1, 0.15) is 36.1 Å². The summed E-state index contributed by atoms with van der Waals surface area (Å²) in [6, 6.07) is 2.30. The van der Waals surface area contributed by atoms with E-state index in [0.717, 1.165) is 36.1 Å². The van der Waals surface area contributed by atoms with Gasteiger partial charge in [-0.15, -0.1) is 0 Å². The molecular formula is C19H29N3O8. The van der Waals surface area contributed by atoms with E-state index in [1.165, 1.54) is 0 Å². The lowest BCUT2D eigenvalue weighted by molar-refractivity contribution is -0.493. The molecule has 2 N–H and O–H groups in total. The summed E-state index contributed by atoms with van der Waals surface area (Å²) in [5, 5.41) is 16.2. The Bertz CT molecular complexity index is 669. The van der Waals surface area contributed by atoms with Gasteiger partial charge in [-0.2, -0.15) is 0 Å². The third kappa shape index (κ3) is 9.01. The summed E-state index contributed by atoms with van der Waals surface area (Å²) in [5.41, 5.74) is 3.06. The third-order valence-electron chi connectivity index (χ3n) is 4.58. The van der Waals surface area contributed by atoms with Crippen LogP contribution in [0.25, 0.3) is 0 Å². The van der Waals surface area contributed by atoms with E-state index in [9.17, 15) is 9.59 Å². The van der Waals surface area contributed by atoms with Gasteiger partial charge in [-0.05, 0) is 49.8 Å². The van der Waals surface area contributed by atoms with Crippen LogP contribution in [0, 0.1) is 6.92 Å². The first-order chi connectivity index (χ1) is 14.5. The predicted octanol–water partition coefficient (Wildman–Crippen LogP) is 1.63. The summed E-state index contributed by atoms with van der Waals surface area (Å²) in [4.78, 5) is 33.3. The Labute approximate surface area is 175 Å². The molecule has 0 atom stereocenters. The molecule has 1 heterocycles. The van der Waals surface area contributed by atoms with Crippen LogP contribution in [0.2, 0.25) is 0 Å². The number of ether oxygens (including phenoxy) is 3. The molecule has 0 spiro atoms. The zero-order valence-corrected chi connectivity index (χ0v) is 17.1. The topological polar surface area (TPSA) is 131 Å². The van der Waals surface area contributed by atoms with Gasteiger partial charge in [0, 0.05) is 24.5 Å². The minimum absolute atomic E-state index is 0.0116. The van der Waals surface area contributed by atoms with Crippen molar-refractivity contribution in [3.05, 3.63) is 29.1 Å². The van der Waals surface area contributed by atoms with Gasteiger partial charge in [0.2, 0.25) is 6.41 Å². The van der Waals surface area contributed by atoms with Crippen molar-refractivity contribution in [3.8, 4) is 0 Å². The lowest BCUT2D eigenvalue weighted by Crippen LogP contribution is -2.24. The lowest BCUT2D eigenvalue weighted by Gasteiger charge is -2.19. The Morgan fingerprint density at radius 3 is 2.63 bits per heavy atom. The smallest absolute Gasteiger partial charge is 0.434 e. The highest BCUT2D eigenvalue weighted by atomic mass is 17.1. The predicted molar refractivity (Wildman–Crippen MR) is 101 cm³/mol. The number of carbonyl (C=O) groups is 2. The first kappa shape index (κ1) is 24.0. The van der Waals surface area contributed by atoms with Crippen LogP contribution in [0.4, 0.5) is 4.79 Å². The fraction of sp³-hybridized carbons (Fsp3) is 0.632. The fourth-order valence-corrected chi connectivity index (χ4v) is 2.80. The minimum atomic E-state index is -0.781. The van der Waals surface area contributed by atoms with Gasteiger partial charge in [0.1, 0.15) is 6.61 Å². The molecule has 11 nitrogen and oxygen atoms in total. The molecular weight excluding hydrogens is 398 g/mol. The summed E-state index contributed by atoms with van der Waals surface area (Å²) in [7, 11) is 0. The Kier molecular flexibility index (Phi) is 10.5. The second-order valence-electron chi connectivity index (χ2n) is 6.80. The van der Waals surface area contributed by atoms with Gasteiger partial charge in [-0.1, -0.05) is 0 Å². The summed E-state index contributed by atoms with van der Waals surface area (Å²) in [6.07, 6.45) is 5.24. The number of nitrogens with zero attached hydrogens (tertiary/aromatic N) is 3. The Balaban J connectivity index is 1.59. The Morgan fingerprint density at radius 2 is 1.93 bits per heavy atom. The van der Waals surface area contributed by atoms with Gasteiger partial charge in [0.25, 0.3) is 0 Å². The van der Waals surface area contributed by atoms with Crippen molar-refractivity contribution < 1.29 is 39.1 Å². The molecule has 1 fully saturated rings. The molecule has 168 valence electrons. The van der Waals surface area contributed by atoms with Crippen LogP contribution in [-0.2, 0) is 36.8 Å². The summed E-state index contributed by atoms with van der Waals surface area (Å²) in [5.74, 6) is 0. The highest BCUT2D eigenvalue weighted by molar-refractivity contribution is 5.59. The van der Waals surface area contributed by atoms with Gasteiger partial charge < -0.3 is 19.1 Å². The summed E-state index contributed by atoms with van der Waals surface area (Å²) >= 11 is 0. The molecule has 1 aliphatic carbocycles. The number of rotatable bonds is 15. The molecule has 1 aromatic rings. The zero-order valence-electron chi connectivity index (χ0n) is 17.1. The maximum atomic E-state index is 11.5. The molecule has 0 bridgehead atoms. The monoisotopic (exact) mass is 427 g/mol. The molecule has 0 unspecified atom stereocenters. The highest BCUT2D eigenvalue weighted by Gasteiger charge is 2.28. The van der Waals surface area contributed by atoms with Crippen molar-refractivity contribution in [2.24, 2.45) is 0 Å². The molecule has 1 aromatic heterocycles. The lowest BCUT2D eigenvalue weighted by atomic mass is 10.0. The number of hydrogen-bond acceptors (Lipinski definition) is 10. The van der Waals surface area contributed by atoms with Crippen LogP contribution < -0.4 is 0 Å². The van der Waals surface area contributed by atoms with Crippen molar-refractivity contribution in [3.63, 3.8) is 0 Å². The van der Waals surface area contributed by atoms with Gasteiger partial charge in [0.05, 0.1) is 31.8 Å². The van der Waals surface area contributed by atoms with Crippen molar-refractivity contribution in [2.75, 3.05) is 33.0 Å². The van der Waals surface area contributed by atoms with E-state index in [0.29, 0.717) is 25.4 Å². The average Bonchev–Trinajstić information content (AvgIpc) is 3.55. The first-order valence-corrected chi connectivity index (χ1v) is 9.83. The number of pyridine rings is 1. The quantitative estimate of drug-likeness (QED) is 0.184. The van der Waals surface area contributed by atoms with Gasteiger partial charge in [-0.3, -0.25) is 20.2 Å². The average molecular weight is 427 g/mol. The van der Waals surface area contributed by atoms with Crippen molar-refractivity contribution in [1.82, 2.24) is 15.3 Å². The van der Waals surface area contributed by atoms with Crippen LogP contribution in [0.15, 0.2) is 12.3 Å². The van der Waals surface area contributed by atoms with E-state index in [1.807, 2.05) is 17.9 Å². The normalized spacial score (nSPS) is 13.3. The maximum absolute atomic E-state index is 11.5. The van der Waals surface area contributed by atoms with Crippen molar-refractivity contribution in [1.29, 1.82) is 0 Å². The largest absolute Gasteiger partial charge is 0.508 e. The molecule has 0 saturated heterocycles. The minimum Gasteiger partial charge on any atom is -0.434 e.